The van der Waals surface area contributed by atoms with Crippen molar-refractivity contribution in [2.24, 2.45) is 17.4 Å². The van der Waals surface area contributed by atoms with Crippen LogP contribution in [-0.2, 0) is 0 Å². The molecule has 2 rings (SSSR count). The van der Waals surface area contributed by atoms with Gasteiger partial charge in [-0.2, -0.15) is 0 Å². The summed E-state index contributed by atoms with van der Waals surface area (Å²) in [7, 11) is 1.44. The molecule has 35 heavy (non-hydrogen) atoms. The minimum Gasteiger partial charge on any atom is -0.504 e. The van der Waals surface area contributed by atoms with Crippen LogP contribution in [-0.4, -0.2) is 68.2 Å². The van der Waals surface area contributed by atoms with Gasteiger partial charge in [-0.25, -0.2) is 0 Å². The molecule has 0 aliphatic heterocycles. The van der Waals surface area contributed by atoms with Crippen LogP contribution in [0.2, 0.25) is 0 Å². The summed E-state index contributed by atoms with van der Waals surface area (Å²) >= 11 is 0. The molecule has 2 aromatic rings. The number of para-hydroxylation sites is 2. The van der Waals surface area contributed by atoms with Crippen LogP contribution in [0.3, 0.4) is 0 Å². The van der Waals surface area contributed by atoms with Gasteiger partial charge in [0.25, 0.3) is 0 Å². The molecule has 0 aliphatic carbocycles. The van der Waals surface area contributed by atoms with Crippen LogP contribution in [0.1, 0.15) is 23.6 Å². The van der Waals surface area contributed by atoms with E-state index in [4.69, 9.17) is 25.4 Å². The first kappa shape index (κ1) is 34.1. The molecule has 11 nitrogen and oxygen atoms in total. The van der Waals surface area contributed by atoms with Crippen LogP contribution < -0.4 is 20.9 Å². The van der Waals surface area contributed by atoms with Gasteiger partial charge in [-0.15, -0.1) is 13.2 Å². The Labute approximate surface area is 206 Å². The van der Waals surface area contributed by atoms with Gasteiger partial charge < -0.3 is 56.7 Å². The monoisotopic (exact) mass is 500 g/mol. The van der Waals surface area contributed by atoms with Gasteiger partial charge in [-0.1, -0.05) is 12.1 Å². The Kier molecular flexibility index (Phi) is 16.1. The van der Waals surface area contributed by atoms with E-state index in [1.165, 1.54) is 20.1 Å². The minimum atomic E-state index is -2.54. The smallest absolute Gasteiger partial charge is 0.328 e. The lowest BCUT2D eigenvalue weighted by molar-refractivity contribution is -0.325. The largest absolute Gasteiger partial charge is 0.504 e. The van der Waals surface area contributed by atoms with Gasteiger partial charge in [0.05, 0.1) is 25.9 Å². The Morgan fingerprint density at radius 1 is 0.914 bits per heavy atom. The van der Waals surface area contributed by atoms with E-state index in [0.29, 0.717) is 16.9 Å². The van der Waals surface area contributed by atoms with Crippen LogP contribution in [0.5, 0.6) is 28.7 Å². The predicted octanol–water partition coefficient (Wildman–Crippen LogP) is 1.09. The van der Waals surface area contributed by atoms with Crippen molar-refractivity contribution in [3.05, 3.63) is 54.1 Å². The van der Waals surface area contributed by atoms with Gasteiger partial charge in [0.2, 0.25) is 5.75 Å². The van der Waals surface area contributed by atoms with E-state index in [2.05, 4.69) is 18.9 Å². The highest BCUT2D eigenvalue weighted by atomic mass is 16.8. The summed E-state index contributed by atoms with van der Waals surface area (Å²) in [5, 5.41) is 63.9. The third-order valence-electron chi connectivity index (χ3n) is 4.65. The maximum Gasteiger partial charge on any atom is 0.328 e. The number of rotatable bonds is 6. The highest BCUT2D eigenvalue weighted by molar-refractivity contribution is 5.60. The molecule has 2 aromatic carbocycles. The number of aliphatic hydroxyl groups excluding tert-OH is 2. The Bertz CT molecular complexity index is 778. The molecule has 0 amide bonds. The average molecular weight is 501 g/mol. The van der Waals surface area contributed by atoms with Gasteiger partial charge in [-0.05, 0) is 56.5 Å². The van der Waals surface area contributed by atoms with Crippen molar-refractivity contribution in [1.29, 1.82) is 0 Å². The number of methoxy groups -OCH3 is 1. The Balaban J connectivity index is 0. The zero-order valence-electron chi connectivity index (χ0n) is 20.9. The van der Waals surface area contributed by atoms with Crippen molar-refractivity contribution in [1.82, 2.24) is 0 Å². The molecule has 0 saturated heterocycles. The molecule has 11 N–H and O–H groups in total. The van der Waals surface area contributed by atoms with Gasteiger partial charge >= 0.3 is 5.97 Å². The molecule has 0 radical (unpaired) electrons. The summed E-state index contributed by atoms with van der Waals surface area (Å²) in [4.78, 5) is 0. The summed E-state index contributed by atoms with van der Waals surface area (Å²) in [5.74, 6) is -3.95. The number of phenolic OH excluding ortho intramolecular Hbond substituents is 3. The van der Waals surface area contributed by atoms with Crippen molar-refractivity contribution in [2.45, 2.75) is 39.9 Å². The molecule has 0 aromatic heterocycles. The maximum absolute atomic E-state index is 9.69. The van der Waals surface area contributed by atoms with E-state index in [0.717, 1.165) is 5.56 Å². The van der Waals surface area contributed by atoms with Gasteiger partial charge in [0.1, 0.15) is 0 Å². The lowest BCUT2D eigenvalue weighted by atomic mass is 10.0. The number of aromatic hydroxyl groups is 3. The standard InChI is InChI=1S/C11H17NO5.C9H12O3.C2H7NO.C2H4/c1-16-9-4-2-3-5-10(9)17-11(14,15)8(6-12)7-13;1-4-5(2)7(10)9(12)8(11)6(4)3;1-2(3)4;1-2/h2-5,8,13-15H,6-7,12H2,1H3;10-12H,1-3H3;2,4H,3H2,1H3;1-2H2. The summed E-state index contributed by atoms with van der Waals surface area (Å²) < 4.78 is 10.0. The summed E-state index contributed by atoms with van der Waals surface area (Å²) in [5.41, 5.74) is 12.0. The number of hydrogen-bond acceptors (Lipinski definition) is 11. The number of phenols is 3. The second kappa shape index (κ2) is 16.5. The third-order valence-corrected chi connectivity index (χ3v) is 4.65. The van der Waals surface area contributed by atoms with Crippen LogP contribution in [0.15, 0.2) is 37.4 Å². The SMILES string of the molecule is C=C.CC(N)O.COc1ccccc1OC(O)(O)C(CN)CO.Cc1c(C)c(O)c(O)c(O)c1C. The van der Waals surface area contributed by atoms with Gasteiger partial charge in [0, 0.05) is 6.54 Å². The number of benzene rings is 2. The van der Waals surface area contributed by atoms with Gasteiger partial charge in [-0.3, -0.25) is 0 Å². The highest BCUT2D eigenvalue weighted by Gasteiger charge is 2.36. The number of nitrogens with two attached hydrogens (primary N) is 2. The number of ether oxygens (including phenoxy) is 2. The molecular weight excluding hydrogens is 460 g/mol. The molecule has 0 aliphatic rings. The first-order valence-corrected chi connectivity index (χ1v) is 10.5. The topological polar surface area (TPSA) is 212 Å². The second-order valence-corrected chi connectivity index (χ2v) is 7.19. The molecular formula is C24H40N2O9. The van der Waals surface area contributed by atoms with E-state index in [9.17, 15) is 25.5 Å². The lowest BCUT2D eigenvalue weighted by Gasteiger charge is -2.29. The van der Waals surface area contributed by atoms with Crippen molar-refractivity contribution in [3.63, 3.8) is 0 Å². The molecule has 0 bridgehead atoms. The molecule has 2 unspecified atom stereocenters. The predicted molar refractivity (Wildman–Crippen MR) is 133 cm³/mol. The van der Waals surface area contributed by atoms with Crippen molar-refractivity contribution < 1.29 is 45.2 Å². The fourth-order valence-corrected chi connectivity index (χ4v) is 2.40. The van der Waals surface area contributed by atoms with Crippen LogP contribution in [0, 0.1) is 26.7 Å². The quantitative estimate of drug-likeness (QED) is 0.155. The normalized spacial score (nSPS) is 11.9. The zero-order valence-corrected chi connectivity index (χ0v) is 20.9. The Morgan fingerprint density at radius 2 is 1.31 bits per heavy atom. The summed E-state index contributed by atoms with van der Waals surface area (Å²) in [6, 6.07) is 6.51. The fraction of sp³-hybridized carbons (Fsp3) is 0.417. The van der Waals surface area contributed by atoms with E-state index in [-0.39, 0.29) is 23.8 Å². The Morgan fingerprint density at radius 3 is 1.66 bits per heavy atom. The summed E-state index contributed by atoms with van der Waals surface area (Å²) in [6.07, 6.45) is -0.667. The molecule has 0 spiro atoms. The molecule has 0 heterocycles. The lowest BCUT2D eigenvalue weighted by Crippen LogP contribution is -2.48. The minimum absolute atomic E-state index is 0.126. The molecule has 0 fully saturated rings. The van der Waals surface area contributed by atoms with Crippen LogP contribution in [0.4, 0.5) is 0 Å². The first-order valence-electron chi connectivity index (χ1n) is 10.5. The van der Waals surface area contributed by atoms with Crippen molar-refractivity contribution in [3.8, 4) is 28.7 Å². The number of aliphatic hydroxyl groups is 4. The van der Waals surface area contributed by atoms with Crippen molar-refractivity contribution in [2.75, 3.05) is 20.3 Å². The van der Waals surface area contributed by atoms with E-state index >= 15 is 0 Å². The van der Waals surface area contributed by atoms with E-state index < -0.39 is 30.5 Å². The molecule has 2 atom stereocenters. The van der Waals surface area contributed by atoms with Crippen LogP contribution >= 0.6 is 0 Å². The average Bonchev–Trinajstić information content (AvgIpc) is 2.82. The van der Waals surface area contributed by atoms with E-state index in [1.54, 1.807) is 39.0 Å². The fourth-order valence-electron chi connectivity index (χ4n) is 2.40. The first-order chi connectivity index (χ1) is 16.2. The molecule has 0 saturated carbocycles. The number of hydrogen-bond donors (Lipinski definition) is 9. The van der Waals surface area contributed by atoms with E-state index in [1.807, 2.05) is 0 Å². The molecule has 200 valence electrons. The van der Waals surface area contributed by atoms with Gasteiger partial charge in [0.15, 0.2) is 23.0 Å². The zero-order chi connectivity index (χ0) is 27.9. The third kappa shape index (κ3) is 10.8. The van der Waals surface area contributed by atoms with Crippen molar-refractivity contribution >= 4 is 0 Å². The molecule has 11 heteroatoms. The highest BCUT2D eigenvalue weighted by Crippen LogP contribution is 2.41. The second-order valence-electron chi connectivity index (χ2n) is 7.19. The Hall–Kier alpha value is -3.06. The summed E-state index contributed by atoms with van der Waals surface area (Å²) in [6.45, 7) is 12.0. The van der Waals surface area contributed by atoms with Crippen LogP contribution in [0.25, 0.3) is 0 Å². The maximum atomic E-state index is 9.69.